The largest absolute Gasteiger partial charge is 0.360 e. The second-order valence-corrected chi connectivity index (χ2v) is 3.09. The first-order chi connectivity index (χ1) is 7.38. The summed E-state index contributed by atoms with van der Waals surface area (Å²) in [6.07, 6.45) is 7.00. The van der Waals surface area contributed by atoms with Crippen LogP contribution in [0.5, 0.6) is 0 Å². The predicted molar refractivity (Wildman–Crippen MR) is 55.7 cm³/mol. The smallest absolute Gasteiger partial charge is 0.150 e. The zero-order chi connectivity index (χ0) is 10.5. The lowest BCUT2D eigenvalue weighted by molar-refractivity contribution is 0.373. The summed E-state index contributed by atoms with van der Waals surface area (Å²) in [5.41, 5.74) is 1.11. The Kier molecular flexibility index (Phi) is 2.94. The molecule has 0 aliphatic rings. The van der Waals surface area contributed by atoms with Gasteiger partial charge in [0.1, 0.15) is 5.76 Å². The predicted octanol–water partition coefficient (Wildman–Crippen LogP) is 1.26. The number of hydrogen-bond donors (Lipinski definition) is 1. The van der Waals surface area contributed by atoms with E-state index in [1.807, 2.05) is 12.3 Å². The molecule has 0 atom stereocenters. The summed E-state index contributed by atoms with van der Waals surface area (Å²) < 4.78 is 6.62. The Morgan fingerprint density at radius 3 is 3.13 bits per heavy atom. The Morgan fingerprint density at radius 2 is 2.47 bits per heavy atom. The summed E-state index contributed by atoms with van der Waals surface area (Å²) in [7, 11) is 0. The fourth-order valence-corrected chi connectivity index (χ4v) is 1.23. The van der Waals surface area contributed by atoms with E-state index in [9.17, 15) is 0 Å². The molecule has 0 aliphatic carbocycles. The molecule has 0 bridgehead atoms. The third-order valence-corrected chi connectivity index (χ3v) is 1.96. The summed E-state index contributed by atoms with van der Waals surface area (Å²) >= 11 is 0. The lowest BCUT2D eigenvalue weighted by Crippen LogP contribution is -2.11. The number of aromatic nitrogens is 3. The maximum atomic E-state index is 4.95. The molecule has 0 spiro atoms. The highest BCUT2D eigenvalue weighted by Gasteiger charge is 1.98. The second kappa shape index (κ2) is 4.56. The quantitative estimate of drug-likeness (QED) is 0.796. The van der Waals surface area contributed by atoms with Gasteiger partial charge in [0.25, 0.3) is 0 Å². The van der Waals surface area contributed by atoms with E-state index in [1.54, 1.807) is 23.3 Å². The molecular weight excluding hydrogens is 192 g/mol. The Bertz CT molecular complexity index is 418. The summed E-state index contributed by atoms with van der Waals surface area (Å²) in [6, 6.07) is 1.83. The number of rotatable bonds is 5. The van der Waals surface area contributed by atoms with Crippen molar-refractivity contribution in [3.05, 3.63) is 42.6 Å². The average molecular weight is 204 g/mol. The van der Waals surface area contributed by atoms with E-state index in [0.717, 1.165) is 17.9 Å². The minimum atomic E-state index is 0.666. The normalized spacial score (nSPS) is 10.4. The topological polar surface area (TPSA) is 55.9 Å². The number of nitrogens with one attached hydrogen (secondary N) is 1. The molecule has 0 saturated carbocycles. The third-order valence-electron chi connectivity index (χ3n) is 1.96. The van der Waals surface area contributed by atoms with Crippen molar-refractivity contribution in [1.29, 1.82) is 0 Å². The highest BCUT2D eigenvalue weighted by atomic mass is 16.5. The monoisotopic (exact) mass is 204 g/mol. The van der Waals surface area contributed by atoms with Gasteiger partial charge < -0.3 is 9.84 Å². The lowest BCUT2D eigenvalue weighted by Gasteiger charge is -1.98. The second-order valence-electron chi connectivity index (χ2n) is 3.09. The molecule has 2 aromatic heterocycles. The first-order valence-electron chi connectivity index (χ1n) is 4.64. The van der Waals surface area contributed by atoms with Crippen molar-refractivity contribution in [3.8, 4) is 0 Å². The van der Waals surface area contributed by atoms with Gasteiger partial charge in [-0.05, 0) is 0 Å². The van der Waals surface area contributed by atoms with Crippen molar-refractivity contribution < 1.29 is 4.52 Å². The van der Waals surface area contributed by atoms with Gasteiger partial charge in [0.15, 0.2) is 0 Å². The fraction of sp³-hybridized carbons (Fsp3) is 0.200. The minimum Gasteiger partial charge on any atom is -0.360 e. The van der Waals surface area contributed by atoms with Crippen LogP contribution in [0.2, 0.25) is 0 Å². The number of nitrogens with zero attached hydrogens (tertiary/aromatic N) is 3. The average Bonchev–Trinajstić information content (AvgIpc) is 2.88. The molecule has 0 aromatic carbocycles. The van der Waals surface area contributed by atoms with Crippen LogP contribution in [-0.4, -0.2) is 14.9 Å². The Labute approximate surface area is 87.4 Å². The van der Waals surface area contributed by atoms with Crippen LogP contribution < -0.4 is 5.32 Å². The highest BCUT2D eigenvalue weighted by Crippen LogP contribution is 1.99. The van der Waals surface area contributed by atoms with Gasteiger partial charge in [-0.25, -0.2) is 4.68 Å². The molecule has 5 nitrogen and oxygen atoms in total. The van der Waals surface area contributed by atoms with Gasteiger partial charge in [0, 0.05) is 30.6 Å². The van der Waals surface area contributed by atoms with E-state index in [0.29, 0.717) is 6.54 Å². The molecular formula is C10H12N4O. The summed E-state index contributed by atoms with van der Waals surface area (Å²) in [4.78, 5) is 0. The van der Waals surface area contributed by atoms with Crippen molar-refractivity contribution in [2.45, 2.75) is 13.1 Å². The Balaban J connectivity index is 1.80. The van der Waals surface area contributed by atoms with Gasteiger partial charge in [0.05, 0.1) is 18.9 Å². The van der Waals surface area contributed by atoms with E-state index in [2.05, 4.69) is 22.2 Å². The summed E-state index contributed by atoms with van der Waals surface area (Å²) in [5.74, 6) is 0.825. The third kappa shape index (κ3) is 2.54. The van der Waals surface area contributed by atoms with Crippen LogP contribution in [0.15, 0.2) is 35.8 Å². The van der Waals surface area contributed by atoms with E-state index >= 15 is 0 Å². The van der Waals surface area contributed by atoms with Gasteiger partial charge in [-0.3, -0.25) is 0 Å². The molecule has 5 heteroatoms. The van der Waals surface area contributed by atoms with E-state index in [4.69, 9.17) is 4.52 Å². The molecule has 0 aliphatic heterocycles. The maximum Gasteiger partial charge on any atom is 0.150 e. The van der Waals surface area contributed by atoms with Crippen LogP contribution in [-0.2, 0) is 13.1 Å². The summed E-state index contributed by atoms with van der Waals surface area (Å²) in [5, 5.41) is 10.9. The van der Waals surface area contributed by atoms with Crippen molar-refractivity contribution >= 4 is 6.20 Å². The van der Waals surface area contributed by atoms with Gasteiger partial charge >= 0.3 is 0 Å². The SMILES string of the molecule is C=Cn1cc(CNCc2ccno2)cn1. The van der Waals surface area contributed by atoms with Crippen LogP contribution in [0, 0.1) is 0 Å². The zero-order valence-corrected chi connectivity index (χ0v) is 8.26. The van der Waals surface area contributed by atoms with E-state index < -0.39 is 0 Å². The molecule has 0 amide bonds. The first-order valence-corrected chi connectivity index (χ1v) is 4.64. The van der Waals surface area contributed by atoms with Crippen molar-refractivity contribution in [2.24, 2.45) is 0 Å². The minimum absolute atomic E-state index is 0.666. The van der Waals surface area contributed by atoms with Crippen LogP contribution in [0.1, 0.15) is 11.3 Å². The maximum absolute atomic E-state index is 4.95. The van der Waals surface area contributed by atoms with Crippen LogP contribution >= 0.6 is 0 Å². The molecule has 2 heterocycles. The van der Waals surface area contributed by atoms with Gasteiger partial charge in [-0.15, -0.1) is 0 Å². The fourth-order valence-electron chi connectivity index (χ4n) is 1.23. The zero-order valence-electron chi connectivity index (χ0n) is 8.26. The molecule has 1 N–H and O–H groups in total. The number of hydrogen-bond acceptors (Lipinski definition) is 4. The van der Waals surface area contributed by atoms with Gasteiger partial charge in [-0.2, -0.15) is 5.10 Å². The Morgan fingerprint density at radius 1 is 1.53 bits per heavy atom. The van der Waals surface area contributed by atoms with Crippen molar-refractivity contribution in [3.63, 3.8) is 0 Å². The highest BCUT2D eigenvalue weighted by molar-refractivity contribution is 5.17. The van der Waals surface area contributed by atoms with Crippen LogP contribution in [0.3, 0.4) is 0 Å². The molecule has 2 aromatic rings. The Hall–Kier alpha value is -1.88. The lowest BCUT2D eigenvalue weighted by atomic mass is 10.3. The molecule has 0 fully saturated rings. The van der Waals surface area contributed by atoms with Crippen LogP contribution in [0.25, 0.3) is 6.20 Å². The first kappa shape index (κ1) is 9.67. The van der Waals surface area contributed by atoms with Gasteiger partial charge in [-0.1, -0.05) is 11.7 Å². The van der Waals surface area contributed by atoms with Crippen LogP contribution in [0.4, 0.5) is 0 Å². The van der Waals surface area contributed by atoms with Gasteiger partial charge in [0.2, 0.25) is 0 Å². The standard InChI is InChI=1S/C10H12N4O/c1-2-14-8-9(6-12-14)5-11-7-10-3-4-13-15-10/h2-4,6,8,11H,1,5,7H2. The van der Waals surface area contributed by atoms with E-state index in [1.165, 1.54) is 0 Å². The molecule has 78 valence electrons. The molecule has 0 radical (unpaired) electrons. The van der Waals surface area contributed by atoms with Crippen molar-refractivity contribution in [1.82, 2.24) is 20.3 Å². The molecule has 0 unspecified atom stereocenters. The molecule has 15 heavy (non-hydrogen) atoms. The van der Waals surface area contributed by atoms with E-state index in [-0.39, 0.29) is 0 Å². The molecule has 2 rings (SSSR count). The molecule has 0 saturated heterocycles. The summed E-state index contributed by atoms with van der Waals surface area (Å²) in [6.45, 7) is 5.03. The van der Waals surface area contributed by atoms with Crippen molar-refractivity contribution in [2.75, 3.05) is 0 Å².